The van der Waals surface area contributed by atoms with Crippen LogP contribution in [0.15, 0.2) is 60.7 Å². The van der Waals surface area contributed by atoms with Gasteiger partial charge in [-0.15, -0.1) is 0 Å². The highest BCUT2D eigenvalue weighted by atomic mass is 19.3. The van der Waals surface area contributed by atoms with E-state index in [-0.39, 0.29) is 11.1 Å². The predicted octanol–water partition coefficient (Wildman–Crippen LogP) is 7.47. The van der Waals surface area contributed by atoms with Crippen molar-refractivity contribution in [1.82, 2.24) is 0 Å². The first kappa shape index (κ1) is 21.7. The molecule has 0 atom stereocenters. The van der Waals surface area contributed by atoms with Gasteiger partial charge in [-0.1, -0.05) is 50.1 Å². The second-order valence-corrected chi connectivity index (χ2v) is 6.80. The number of ether oxygens (including phenoxy) is 2. The van der Waals surface area contributed by atoms with Crippen LogP contribution in [-0.2, 0) is 0 Å². The van der Waals surface area contributed by atoms with Crippen molar-refractivity contribution < 1.29 is 27.0 Å². The van der Waals surface area contributed by atoms with Crippen LogP contribution in [0, 0.1) is 11.6 Å². The Morgan fingerprint density at radius 2 is 1.43 bits per heavy atom. The third-order valence-corrected chi connectivity index (χ3v) is 4.63. The molecular formula is C24H22F4O2. The van der Waals surface area contributed by atoms with Crippen molar-refractivity contribution in [3.05, 3.63) is 72.3 Å². The maximum absolute atomic E-state index is 14.7. The van der Waals surface area contributed by atoms with Gasteiger partial charge in [0.15, 0.2) is 11.6 Å². The Kier molecular flexibility index (Phi) is 7.33. The third-order valence-electron chi connectivity index (χ3n) is 4.63. The Balaban J connectivity index is 1.74. The van der Waals surface area contributed by atoms with Crippen molar-refractivity contribution in [2.75, 3.05) is 6.61 Å². The molecule has 3 aromatic rings. The number of alkyl halides is 2. The summed E-state index contributed by atoms with van der Waals surface area (Å²) in [6.45, 7) is -0.338. The minimum absolute atomic E-state index is 0.164. The topological polar surface area (TPSA) is 18.5 Å². The highest BCUT2D eigenvalue weighted by Gasteiger charge is 2.13. The normalized spacial score (nSPS) is 11.0. The van der Waals surface area contributed by atoms with Gasteiger partial charge in [0.2, 0.25) is 0 Å². The monoisotopic (exact) mass is 418 g/mol. The van der Waals surface area contributed by atoms with E-state index in [0.717, 1.165) is 42.7 Å². The van der Waals surface area contributed by atoms with Gasteiger partial charge in [0, 0.05) is 5.56 Å². The molecule has 0 aliphatic carbocycles. The smallest absolute Gasteiger partial charge is 0.387 e. The second kappa shape index (κ2) is 10.1. The lowest BCUT2D eigenvalue weighted by Gasteiger charge is -2.10. The van der Waals surface area contributed by atoms with Gasteiger partial charge in [0.05, 0.1) is 6.61 Å². The molecule has 158 valence electrons. The molecule has 0 radical (unpaired) electrons. The molecule has 2 nitrogen and oxygen atoms in total. The van der Waals surface area contributed by atoms with Crippen molar-refractivity contribution in [1.29, 1.82) is 0 Å². The van der Waals surface area contributed by atoms with E-state index in [2.05, 4.69) is 11.7 Å². The summed E-state index contributed by atoms with van der Waals surface area (Å²) in [5, 5.41) is 0. The van der Waals surface area contributed by atoms with Crippen molar-refractivity contribution >= 4 is 0 Å². The van der Waals surface area contributed by atoms with Crippen LogP contribution in [0.4, 0.5) is 17.6 Å². The molecule has 0 spiro atoms. The first-order valence-electron chi connectivity index (χ1n) is 9.75. The van der Waals surface area contributed by atoms with Gasteiger partial charge in [-0.25, -0.2) is 8.78 Å². The summed E-state index contributed by atoms with van der Waals surface area (Å²) >= 11 is 0. The van der Waals surface area contributed by atoms with Crippen LogP contribution in [0.5, 0.6) is 11.5 Å². The molecule has 0 saturated heterocycles. The molecule has 0 amide bonds. The van der Waals surface area contributed by atoms with Gasteiger partial charge in [0.1, 0.15) is 11.6 Å². The van der Waals surface area contributed by atoms with Gasteiger partial charge in [-0.05, 0) is 53.4 Å². The van der Waals surface area contributed by atoms with Crippen LogP contribution in [0.3, 0.4) is 0 Å². The summed E-state index contributed by atoms with van der Waals surface area (Å²) in [5.74, 6) is -1.35. The fourth-order valence-electron chi connectivity index (χ4n) is 3.07. The largest absolute Gasteiger partial charge is 0.494 e. The van der Waals surface area contributed by atoms with E-state index in [1.165, 1.54) is 18.2 Å². The number of halogens is 4. The average molecular weight is 418 g/mol. The van der Waals surface area contributed by atoms with E-state index < -0.39 is 24.0 Å². The number of unbranched alkanes of at least 4 members (excludes halogenated alkanes) is 2. The summed E-state index contributed by atoms with van der Waals surface area (Å²) in [5.41, 5.74) is 1.87. The fraction of sp³-hybridized carbons (Fsp3) is 0.250. The summed E-state index contributed by atoms with van der Waals surface area (Å²) in [7, 11) is 0. The van der Waals surface area contributed by atoms with E-state index in [1.54, 1.807) is 6.07 Å². The number of rotatable bonds is 9. The molecule has 0 aliphatic heterocycles. The van der Waals surface area contributed by atoms with Crippen LogP contribution in [0.1, 0.15) is 26.2 Å². The second-order valence-electron chi connectivity index (χ2n) is 6.80. The Morgan fingerprint density at radius 1 is 0.767 bits per heavy atom. The Labute approximate surface area is 173 Å². The zero-order valence-electron chi connectivity index (χ0n) is 16.5. The highest BCUT2D eigenvalue weighted by Crippen LogP contribution is 2.31. The molecule has 0 heterocycles. The molecule has 0 bridgehead atoms. The van der Waals surface area contributed by atoms with E-state index >= 15 is 0 Å². The lowest BCUT2D eigenvalue weighted by atomic mass is 9.99. The molecule has 0 aliphatic rings. The fourth-order valence-corrected chi connectivity index (χ4v) is 3.07. The standard InChI is InChI=1S/C24H22F4O2/c1-2-3-4-13-29-19-9-5-16(6-10-19)17-7-11-20(21(25)14-17)18-8-12-23(22(26)15-18)30-24(27)28/h5-12,14-15,24H,2-4,13H2,1H3. The maximum Gasteiger partial charge on any atom is 0.387 e. The molecule has 0 N–H and O–H groups in total. The molecule has 3 rings (SSSR count). The summed E-state index contributed by atoms with van der Waals surface area (Å²) in [6, 6.07) is 15.3. The van der Waals surface area contributed by atoms with E-state index in [0.29, 0.717) is 12.2 Å². The Bertz CT molecular complexity index is 971. The molecule has 0 aromatic heterocycles. The van der Waals surface area contributed by atoms with Crippen LogP contribution < -0.4 is 9.47 Å². The van der Waals surface area contributed by atoms with Gasteiger partial charge in [0.25, 0.3) is 0 Å². The van der Waals surface area contributed by atoms with Gasteiger partial charge < -0.3 is 9.47 Å². The lowest BCUT2D eigenvalue weighted by molar-refractivity contribution is -0.0521. The lowest BCUT2D eigenvalue weighted by Crippen LogP contribution is -2.03. The minimum Gasteiger partial charge on any atom is -0.494 e. The Morgan fingerprint density at radius 3 is 2.07 bits per heavy atom. The van der Waals surface area contributed by atoms with E-state index in [1.807, 2.05) is 24.3 Å². The molecular weight excluding hydrogens is 396 g/mol. The zero-order chi connectivity index (χ0) is 21.5. The molecule has 3 aromatic carbocycles. The first-order chi connectivity index (χ1) is 14.5. The van der Waals surface area contributed by atoms with Crippen LogP contribution in [0.25, 0.3) is 22.3 Å². The molecule has 6 heteroatoms. The van der Waals surface area contributed by atoms with Gasteiger partial charge in [-0.2, -0.15) is 8.78 Å². The number of benzene rings is 3. The van der Waals surface area contributed by atoms with Crippen LogP contribution >= 0.6 is 0 Å². The summed E-state index contributed by atoms with van der Waals surface area (Å²) in [6.07, 6.45) is 3.25. The van der Waals surface area contributed by atoms with Crippen molar-refractivity contribution in [2.24, 2.45) is 0 Å². The van der Waals surface area contributed by atoms with E-state index in [4.69, 9.17) is 4.74 Å². The summed E-state index contributed by atoms with van der Waals surface area (Å²) in [4.78, 5) is 0. The SMILES string of the molecule is CCCCCOc1ccc(-c2ccc(-c3ccc(OC(F)F)c(F)c3)c(F)c2)cc1. The van der Waals surface area contributed by atoms with Gasteiger partial charge in [-0.3, -0.25) is 0 Å². The highest BCUT2D eigenvalue weighted by molar-refractivity contribution is 5.71. The first-order valence-corrected chi connectivity index (χ1v) is 9.75. The van der Waals surface area contributed by atoms with Crippen LogP contribution in [0.2, 0.25) is 0 Å². The predicted molar refractivity (Wildman–Crippen MR) is 109 cm³/mol. The van der Waals surface area contributed by atoms with Gasteiger partial charge >= 0.3 is 6.61 Å². The number of hydrogen-bond donors (Lipinski definition) is 0. The molecule has 0 fully saturated rings. The minimum atomic E-state index is -3.13. The quantitative estimate of drug-likeness (QED) is 0.265. The average Bonchev–Trinajstić information content (AvgIpc) is 2.73. The van der Waals surface area contributed by atoms with Crippen molar-refractivity contribution in [3.8, 4) is 33.8 Å². The summed E-state index contributed by atoms with van der Waals surface area (Å²) < 4.78 is 62.9. The van der Waals surface area contributed by atoms with E-state index in [9.17, 15) is 17.6 Å². The molecule has 30 heavy (non-hydrogen) atoms. The molecule has 0 saturated carbocycles. The van der Waals surface area contributed by atoms with Crippen molar-refractivity contribution in [2.45, 2.75) is 32.8 Å². The Hall–Kier alpha value is -3.02. The molecule has 0 unspecified atom stereocenters. The zero-order valence-corrected chi connectivity index (χ0v) is 16.5. The maximum atomic E-state index is 14.7. The number of hydrogen-bond acceptors (Lipinski definition) is 2. The third kappa shape index (κ3) is 5.53. The van der Waals surface area contributed by atoms with Crippen LogP contribution in [-0.4, -0.2) is 13.2 Å². The van der Waals surface area contributed by atoms with Crippen molar-refractivity contribution in [3.63, 3.8) is 0 Å².